The van der Waals surface area contributed by atoms with Gasteiger partial charge in [-0.3, -0.25) is 5.84 Å². The number of aryl methyl sites for hydroxylation is 1. The zero-order valence-electron chi connectivity index (χ0n) is 10.3. The summed E-state index contributed by atoms with van der Waals surface area (Å²) in [5.74, 6) is 5.68. The van der Waals surface area contributed by atoms with Crippen molar-refractivity contribution < 1.29 is 0 Å². The highest BCUT2D eigenvalue weighted by Crippen LogP contribution is 2.34. The number of nitrogens with two attached hydrogens (primary N) is 1. The Morgan fingerprint density at radius 3 is 2.58 bits per heavy atom. The summed E-state index contributed by atoms with van der Waals surface area (Å²) in [5.41, 5.74) is 5.69. The van der Waals surface area contributed by atoms with Crippen molar-refractivity contribution in [1.82, 2.24) is 5.43 Å². The van der Waals surface area contributed by atoms with Crippen molar-refractivity contribution in [3.63, 3.8) is 0 Å². The molecule has 0 saturated carbocycles. The van der Waals surface area contributed by atoms with Gasteiger partial charge in [0.1, 0.15) is 0 Å². The molecular formula is C14H13BrCl2N2. The van der Waals surface area contributed by atoms with E-state index in [2.05, 4.69) is 21.4 Å². The molecule has 0 aliphatic heterocycles. The number of hydrogen-bond acceptors (Lipinski definition) is 2. The molecule has 0 radical (unpaired) electrons. The van der Waals surface area contributed by atoms with Gasteiger partial charge in [-0.25, -0.2) is 5.43 Å². The number of hydrogen-bond donors (Lipinski definition) is 2. The van der Waals surface area contributed by atoms with Crippen molar-refractivity contribution in [2.24, 2.45) is 5.84 Å². The second-order valence-electron chi connectivity index (χ2n) is 4.25. The molecule has 0 saturated heterocycles. The van der Waals surface area contributed by atoms with Gasteiger partial charge in [0.05, 0.1) is 11.1 Å². The van der Waals surface area contributed by atoms with Crippen molar-refractivity contribution in [1.29, 1.82) is 0 Å². The third-order valence-electron chi connectivity index (χ3n) is 2.99. The van der Waals surface area contributed by atoms with Crippen LogP contribution in [-0.4, -0.2) is 0 Å². The summed E-state index contributed by atoms with van der Waals surface area (Å²) < 4.78 is 0.838. The second kappa shape index (κ2) is 6.25. The van der Waals surface area contributed by atoms with Gasteiger partial charge in [-0.1, -0.05) is 47.5 Å². The predicted molar refractivity (Wildman–Crippen MR) is 84.5 cm³/mol. The smallest absolute Gasteiger partial charge is 0.0725 e. The van der Waals surface area contributed by atoms with E-state index >= 15 is 0 Å². The van der Waals surface area contributed by atoms with E-state index in [0.29, 0.717) is 10.0 Å². The van der Waals surface area contributed by atoms with Crippen LogP contribution in [0, 0.1) is 6.92 Å². The molecule has 19 heavy (non-hydrogen) atoms. The molecule has 1 atom stereocenters. The summed E-state index contributed by atoms with van der Waals surface area (Å²) in [4.78, 5) is 0. The van der Waals surface area contributed by atoms with Crippen molar-refractivity contribution in [3.8, 4) is 0 Å². The van der Waals surface area contributed by atoms with Crippen molar-refractivity contribution in [3.05, 3.63) is 67.6 Å². The summed E-state index contributed by atoms with van der Waals surface area (Å²) in [5, 5.41) is 1.35. The Kier molecular flexibility index (Phi) is 4.87. The first-order valence-electron chi connectivity index (χ1n) is 5.70. The molecule has 5 heteroatoms. The standard InChI is InChI=1S/C14H13BrCl2N2/c1-8-5-6-9(7-12(8)16)14(19-18)10-3-2-4-11(15)13(10)17/h2-7,14,19H,18H2,1H3. The highest BCUT2D eigenvalue weighted by Gasteiger charge is 2.17. The maximum absolute atomic E-state index is 6.31. The molecule has 0 bridgehead atoms. The lowest BCUT2D eigenvalue weighted by atomic mass is 9.98. The van der Waals surface area contributed by atoms with Crippen LogP contribution < -0.4 is 11.3 Å². The lowest BCUT2D eigenvalue weighted by molar-refractivity contribution is 0.636. The van der Waals surface area contributed by atoms with Gasteiger partial charge in [0.15, 0.2) is 0 Å². The van der Waals surface area contributed by atoms with E-state index in [0.717, 1.165) is 21.2 Å². The largest absolute Gasteiger partial charge is 0.271 e. The summed E-state index contributed by atoms with van der Waals surface area (Å²) >= 11 is 15.9. The zero-order chi connectivity index (χ0) is 14.0. The van der Waals surface area contributed by atoms with Crippen molar-refractivity contribution >= 4 is 39.1 Å². The van der Waals surface area contributed by atoms with E-state index in [1.807, 2.05) is 43.3 Å². The van der Waals surface area contributed by atoms with Gasteiger partial charge < -0.3 is 0 Å². The fourth-order valence-corrected chi connectivity index (χ4v) is 2.70. The second-order valence-corrected chi connectivity index (χ2v) is 5.89. The van der Waals surface area contributed by atoms with Crippen LogP contribution in [0.3, 0.4) is 0 Å². The Labute approximate surface area is 131 Å². The Morgan fingerprint density at radius 1 is 1.21 bits per heavy atom. The number of benzene rings is 2. The predicted octanol–water partition coefficient (Wildman–Crippen LogP) is 4.62. The van der Waals surface area contributed by atoms with Gasteiger partial charge in [-0.15, -0.1) is 0 Å². The summed E-state index contributed by atoms with van der Waals surface area (Å²) in [7, 11) is 0. The summed E-state index contributed by atoms with van der Waals surface area (Å²) in [6.07, 6.45) is 0. The van der Waals surface area contributed by atoms with Crippen LogP contribution in [0.5, 0.6) is 0 Å². The molecule has 0 amide bonds. The van der Waals surface area contributed by atoms with Gasteiger partial charge >= 0.3 is 0 Å². The van der Waals surface area contributed by atoms with Crippen molar-refractivity contribution in [2.45, 2.75) is 13.0 Å². The fraction of sp³-hybridized carbons (Fsp3) is 0.143. The van der Waals surface area contributed by atoms with Gasteiger partial charge in [-0.05, 0) is 51.7 Å². The topological polar surface area (TPSA) is 38.0 Å². The number of nitrogens with one attached hydrogen (secondary N) is 1. The average molecular weight is 360 g/mol. The summed E-state index contributed by atoms with van der Waals surface area (Å²) in [6.45, 7) is 1.96. The molecule has 0 aromatic heterocycles. The van der Waals surface area contributed by atoms with Crippen LogP contribution in [0.1, 0.15) is 22.7 Å². The minimum Gasteiger partial charge on any atom is -0.271 e. The average Bonchev–Trinajstić information content (AvgIpc) is 2.39. The van der Waals surface area contributed by atoms with Crippen molar-refractivity contribution in [2.75, 3.05) is 0 Å². The third-order valence-corrected chi connectivity index (χ3v) is 4.71. The quantitative estimate of drug-likeness (QED) is 0.620. The molecule has 0 heterocycles. The van der Waals surface area contributed by atoms with Gasteiger partial charge in [0.25, 0.3) is 0 Å². The molecule has 100 valence electrons. The van der Waals surface area contributed by atoms with E-state index in [4.69, 9.17) is 29.0 Å². The van der Waals surface area contributed by atoms with E-state index < -0.39 is 0 Å². The van der Waals surface area contributed by atoms with Crippen LogP contribution in [0.2, 0.25) is 10.0 Å². The molecule has 0 fully saturated rings. The molecule has 2 aromatic carbocycles. The molecule has 3 N–H and O–H groups in total. The molecule has 0 aliphatic rings. The third kappa shape index (κ3) is 3.12. The Bertz CT molecular complexity index is 602. The Balaban J connectivity index is 2.50. The zero-order valence-corrected chi connectivity index (χ0v) is 13.4. The maximum Gasteiger partial charge on any atom is 0.0725 e. The fourth-order valence-electron chi connectivity index (χ4n) is 1.90. The molecule has 1 unspecified atom stereocenters. The van der Waals surface area contributed by atoms with E-state index in [1.54, 1.807) is 0 Å². The van der Waals surface area contributed by atoms with Gasteiger partial charge in [0, 0.05) is 9.50 Å². The highest BCUT2D eigenvalue weighted by molar-refractivity contribution is 9.10. The maximum atomic E-state index is 6.31. The molecule has 0 aliphatic carbocycles. The van der Waals surface area contributed by atoms with Crippen LogP contribution >= 0.6 is 39.1 Å². The Morgan fingerprint density at radius 2 is 1.95 bits per heavy atom. The molecule has 2 rings (SSSR count). The first kappa shape index (κ1) is 14.8. The molecule has 2 aromatic rings. The minimum atomic E-state index is -0.205. The van der Waals surface area contributed by atoms with Crippen LogP contribution in [0.4, 0.5) is 0 Å². The van der Waals surface area contributed by atoms with Gasteiger partial charge in [-0.2, -0.15) is 0 Å². The lowest BCUT2D eigenvalue weighted by Crippen LogP contribution is -2.29. The normalized spacial score (nSPS) is 12.5. The summed E-state index contributed by atoms with van der Waals surface area (Å²) in [6, 6.07) is 11.4. The number of rotatable bonds is 3. The number of halogens is 3. The molecule has 0 spiro atoms. The van der Waals surface area contributed by atoms with E-state index in [9.17, 15) is 0 Å². The van der Waals surface area contributed by atoms with Gasteiger partial charge in [0.2, 0.25) is 0 Å². The molecule has 2 nitrogen and oxygen atoms in total. The monoisotopic (exact) mass is 358 g/mol. The first-order valence-corrected chi connectivity index (χ1v) is 7.25. The first-order chi connectivity index (χ1) is 9.04. The van der Waals surface area contributed by atoms with Crippen LogP contribution in [0.15, 0.2) is 40.9 Å². The number of hydrazine groups is 1. The molecular weight excluding hydrogens is 347 g/mol. The van der Waals surface area contributed by atoms with Crippen LogP contribution in [0.25, 0.3) is 0 Å². The minimum absolute atomic E-state index is 0.205. The van der Waals surface area contributed by atoms with E-state index in [-0.39, 0.29) is 6.04 Å². The Hall–Kier alpha value is -0.580. The van der Waals surface area contributed by atoms with E-state index in [1.165, 1.54) is 0 Å². The highest BCUT2D eigenvalue weighted by atomic mass is 79.9. The SMILES string of the molecule is Cc1ccc(C(NN)c2cccc(Br)c2Cl)cc1Cl. The van der Waals surface area contributed by atoms with Crippen LogP contribution in [-0.2, 0) is 0 Å². The lowest BCUT2D eigenvalue weighted by Gasteiger charge is -2.19.